The first-order valence-electron chi connectivity index (χ1n) is 5.31. The van der Waals surface area contributed by atoms with Crippen molar-refractivity contribution in [3.63, 3.8) is 0 Å². The summed E-state index contributed by atoms with van der Waals surface area (Å²) < 4.78 is 40.7. The largest absolute Gasteiger partial charge is 0.573 e. The maximum Gasteiger partial charge on any atom is 0.573 e. The van der Waals surface area contributed by atoms with E-state index >= 15 is 0 Å². The second-order valence-corrected chi connectivity index (χ2v) is 4.59. The van der Waals surface area contributed by atoms with E-state index in [0.29, 0.717) is 5.56 Å². The third-order valence-corrected chi connectivity index (χ3v) is 3.32. The Kier molecular flexibility index (Phi) is 3.61. The van der Waals surface area contributed by atoms with Gasteiger partial charge in [-0.3, -0.25) is 4.79 Å². The number of benzene rings is 1. The van der Waals surface area contributed by atoms with Crippen LogP contribution in [-0.4, -0.2) is 12.1 Å². The fourth-order valence-corrected chi connectivity index (χ4v) is 2.43. The van der Waals surface area contributed by atoms with Gasteiger partial charge in [-0.05, 0) is 30.0 Å². The Morgan fingerprint density at radius 3 is 2.42 bits per heavy atom. The Morgan fingerprint density at radius 1 is 1.16 bits per heavy atom. The highest BCUT2D eigenvalue weighted by atomic mass is 32.1. The summed E-state index contributed by atoms with van der Waals surface area (Å²) in [5, 5.41) is 3.38. The van der Waals surface area contributed by atoms with Crippen LogP contribution < -0.4 is 4.74 Å². The lowest BCUT2D eigenvalue weighted by atomic mass is 10.0. The molecule has 19 heavy (non-hydrogen) atoms. The minimum atomic E-state index is -4.82. The molecule has 0 atom stereocenters. The first-order valence-corrected chi connectivity index (χ1v) is 6.25. The molecular weight excluding hydrogens is 277 g/mol. The number of para-hydroxylation sites is 1. The fraction of sp³-hybridized carbons (Fsp3) is 0.154. The van der Waals surface area contributed by atoms with Crippen LogP contribution in [0.1, 0.15) is 21.5 Å². The van der Waals surface area contributed by atoms with Crippen molar-refractivity contribution in [2.45, 2.75) is 13.3 Å². The normalized spacial score (nSPS) is 11.4. The van der Waals surface area contributed by atoms with Crippen molar-refractivity contribution in [1.29, 1.82) is 0 Å². The van der Waals surface area contributed by atoms with E-state index in [1.165, 1.54) is 29.5 Å². The number of rotatable bonds is 3. The molecule has 1 aromatic carbocycles. The van der Waals surface area contributed by atoms with Crippen LogP contribution in [0.4, 0.5) is 13.2 Å². The van der Waals surface area contributed by atoms with Gasteiger partial charge in [-0.15, -0.1) is 13.2 Å². The summed E-state index contributed by atoms with van der Waals surface area (Å²) in [6.45, 7) is 1.73. The van der Waals surface area contributed by atoms with E-state index in [-0.39, 0.29) is 5.56 Å². The Labute approximate surface area is 111 Å². The molecule has 0 fully saturated rings. The molecule has 0 amide bonds. The fourth-order valence-electron chi connectivity index (χ4n) is 1.61. The predicted octanol–water partition coefficient (Wildman–Crippen LogP) is 4.19. The molecule has 0 unspecified atom stereocenters. The Balaban J connectivity index is 2.40. The molecule has 1 heterocycles. The van der Waals surface area contributed by atoms with Gasteiger partial charge in [-0.2, -0.15) is 11.3 Å². The molecule has 0 saturated carbocycles. The molecule has 0 spiro atoms. The van der Waals surface area contributed by atoms with Crippen molar-refractivity contribution >= 4 is 17.1 Å². The lowest BCUT2D eigenvalue weighted by molar-refractivity contribution is -0.274. The molecule has 2 nitrogen and oxygen atoms in total. The predicted molar refractivity (Wildman–Crippen MR) is 65.6 cm³/mol. The first kappa shape index (κ1) is 13.6. The van der Waals surface area contributed by atoms with Crippen molar-refractivity contribution in [3.05, 3.63) is 51.7 Å². The van der Waals surface area contributed by atoms with Crippen LogP contribution in [0, 0.1) is 6.92 Å². The molecule has 0 N–H and O–H groups in total. The van der Waals surface area contributed by atoms with Crippen LogP contribution in [0.5, 0.6) is 5.75 Å². The first-order chi connectivity index (χ1) is 8.88. The summed E-state index contributed by atoms with van der Waals surface area (Å²) in [5.74, 6) is -0.954. The van der Waals surface area contributed by atoms with E-state index in [1.54, 1.807) is 17.7 Å². The summed E-state index contributed by atoms with van der Waals surface area (Å²) in [7, 11) is 0. The standard InChI is InChI=1S/C13H9F3O2S/c1-8-6-19-7-10(8)12(17)9-4-2-3-5-11(9)18-13(14,15)16/h2-7H,1H3. The number of hydrogen-bond donors (Lipinski definition) is 0. The highest BCUT2D eigenvalue weighted by Crippen LogP contribution is 2.29. The number of halogens is 3. The summed E-state index contributed by atoms with van der Waals surface area (Å²) >= 11 is 1.32. The van der Waals surface area contributed by atoms with Gasteiger partial charge in [0.1, 0.15) is 5.75 Å². The van der Waals surface area contributed by atoms with Gasteiger partial charge in [0.25, 0.3) is 0 Å². The van der Waals surface area contributed by atoms with Crippen LogP contribution in [0.15, 0.2) is 35.0 Å². The van der Waals surface area contributed by atoms with E-state index in [4.69, 9.17) is 0 Å². The molecule has 0 saturated heterocycles. The van der Waals surface area contributed by atoms with Crippen LogP contribution in [-0.2, 0) is 0 Å². The molecule has 0 aliphatic heterocycles. The Hall–Kier alpha value is -1.82. The van der Waals surface area contributed by atoms with Crippen LogP contribution in [0.25, 0.3) is 0 Å². The zero-order chi connectivity index (χ0) is 14.0. The van der Waals surface area contributed by atoms with Gasteiger partial charge >= 0.3 is 6.36 Å². The minimum Gasteiger partial charge on any atom is -0.405 e. The summed E-state index contributed by atoms with van der Waals surface area (Å²) in [6.07, 6.45) is -4.82. The third-order valence-electron chi connectivity index (χ3n) is 2.46. The summed E-state index contributed by atoms with van der Waals surface area (Å²) in [5.41, 5.74) is 1.03. The van der Waals surface area contributed by atoms with Gasteiger partial charge in [0.2, 0.25) is 0 Å². The average Bonchev–Trinajstić information content (AvgIpc) is 2.73. The van der Waals surface area contributed by atoms with Crippen LogP contribution in [0.2, 0.25) is 0 Å². The quantitative estimate of drug-likeness (QED) is 0.791. The number of thiophene rings is 1. The van der Waals surface area contributed by atoms with Gasteiger partial charge in [0, 0.05) is 10.9 Å². The minimum absolute atomic E-state index is 0.0960. The molecular formula is C13H9F3O2S. The number of alkyl halides is 3. The lowest BCUT2D eigenvalue weighted by Gasteiger charge is -2.12. The van der Waals surface area contributed by atoms with Crippen molar-refractivity contribution in [2.75, 3.05) is 0 Å². The maximum atomic E-state index is 12.3. The second-order valence-electron chi connectivity index (χ2n) is 3.84. The van der Waals surface area contributed by atoms with Crippen molar-refractivity contribution < 1.29 is 22.7 Å². The van der Waals surface area contributed by atoms with Gasteiger partial charge < -0.3 is 4.74 Å². The third kappa shape index (κ3) is 3.14. The van der Waals surface area contributed by atoms with E-state index in [9.17, 15) is 18.0 Å². The monoisotopic (exact) mass is 286 g/mol. The zero-order valence-corrected chi connectivity index (χ0v) is 10.6. The molecule has 1 aromatic heterocycles. The van der Waals surface area contributed by atoms with E-state index < -0.39 is 17.9 Å². The number of ether oxygens (including phenoxy) is 1. The highest BCUT2D eigenvalue weighted by molar-refractivity contribution is 7.08. The molecule has 0 aliphatic rings. The number of carbonyl (C=O) groups excluding carboxylic acids is 1. The molecule has 2 rings (SSSR count). The molecule has 100 valence electrons. The molecule has 0 bridgehead atoms. The SMILES string of the molecule is Cc1cscc1C(=O)c1ccccc1OC(F)(F)F. The zero-order valence-electron chi connectivity index (χ0n) is 9.82. The number of aryl methyl sites for hydroxylation is 1. The smallest absolute Gasteiger partial charge is 0.405 e. The maximum absolute atomic E-state index is 12.3. The molecule has 0 aliphatic carbocycles. The van der Waals surface area contributed by atoms with Crippen molar-refractivity contribution in [3.8, 4) is 5.75 Å². The van der Waals surface area contributed by atoms with Gasteiger partial charge in [-0.1, -0.05) is 12.1 Å². The van der Waals surface area contributed by atoms with Crippen LogP contribution in [0.3, 0.4) is 0 Å². The van der Waals surface area contributed by atoms with Crippen molar-refractivity contribution in [2.24, 2.45) is 0 Å². The van der Waals surface area contributed by atoms with Gasteiger partial charge in [0.15, 0.2) is 5.78 Å². The second kappa shape index (κ2) is 5.05. The highest BCUT2D eigenvalue weighted by Gasteiger charge is 2.33. The topological polar surface area (TPSA) is 26.3 Å². The Morgan fingerprint density at radius 2 is 1.84 bits per heavy atom. The van der Waals surface area contributed by atoms with Gasteiger partial charge in [-0.25, -0.2) is 0 Å². The summed E-state index contributed by atoms with van der Waals surface area (Å²) in [6, 6.07) is 5.33. The lowest BCUT2D eigenvalue weighted by Crippen LogP contribution is -2.19. The number of hydrogen-bond acceptors (Lipinski definition) is 3. The summed E-state index contributed by atoms with van der Waals surface area (Å²) in [4.78, 5) is 12.2. The van der Waals surface area contributed by atoms with Crippen LogP contribution >= 0.6 is 11.3 Å². The van der Waals surface area contributed by atoms with Gasteiger partial charge in [0.05, 0.1) is 5.56 Å². The Bertz CT molecular complexity index is 602. The van der Waals surface area contributed by atoms with E-state index in [1.807, 2.05) is 0 Å². The average molecular weight is 286 g/mol. The van der Waals surface area contributed by atoms with E-state index in [2.05, 4.69) is 4.74 Å². The molecule has 0 radical (unpaired) electrons. The molecule has 2 aromatic rings. The van der Waals surface area contributed by atoms with E-state index in [0.717, 1.165) is 11.6 Å². The molecule has 6 heteroatoms. The number of ketones is 1. The van der Waals surface area contributed by atoms with Crippen molar-refractivity contribution in [1.82, 2.24) is 0 Å². The number of carbonyl (C=O) groups is 1.